The second kappa shape index (κ2) is 7.31. The number of thiocarbonyl (C=S) groups is 1. The Kier molecular flexibility index (Phi) is 5.69. The first kappa shape index (κ1) is 16.4. The van der Waals surface area contributed by atoms with Gasteiger partial charge in [0, 0.05) is 18.7 Å². The van der Waals surface area contributed by atoms with Crippen molar-refractivity contribution in [1.82, 2.24) is 4.72 Å². The minimum Gasteiger partial charge on any atom is -0.389 e. The van der Waals surface area contributed by atoms with E-state index in [0.717, 1.165) is 6.61 Å². The minimum absolute atomic E-state index is 0.136. The normalized spacial score (nSPS) is 15.0. The zero-order valence-electron chi connectivity index (χ0n) is 11.7. The van der Waals surface area contributed by atoms with Crippen LogP contribution in [-0.2, 0) is 20.5 Å². The van der Waals surface area contributed by atoms with Gasteiger partial charge in [-0.3, -0.25) is 0 Å². The summed E-state index contributed by atoms with van der Waals surface area (Å²) in [5.41, 5.74) is 6.81. The summed E-state index contributed by atoms with van der Waals surface area (Å²) in [5.74, 6) is 0.544. The molecule has 0 aliphatic heterocycles. The number of ether oxygens (including phenoxy) is 1. The molecule has 0 heterocycles. The van der Waals surface area contributed by atoms with Crippen LogP contribution >= 0.6 is 12.2 Å². The number of hydrogen-bond donors (Lipinski definition) is 2. The second-order valence-corrected chi connectivity index (χ2v) is 7.44. The Morgan fingerprint density at radius 2 is 2.10 bits per heavy atom. The zero-order valence-corrected chi connectivity index (χ0v) is 13.4. The number of nitrogens with one attached hydrogen (secondary N) is 1. The molecule has 0 spiro atoms. The van der Waals surface area contributed by atoms with Gasteiger partial charge in [0.25, 0.3) is 0 Å². The van der Waals surface area contributed by atoms with E-state index in [2.05, 4.69) is 4.72 Å². The molecule has 0 saturated heterocycles. The molecule has 0 unspecified atom stereocenters. The predicted octanol–water partition coefficient (Wildman–Crippen LogP) is 1.17. The third kappa shape index (κ3) is 5.70. The van der Waals surface area contributed by atoms with E-state index < -0.39 is 10.0 Å². The van der Waals surface area contributed by atoms with Gasteiger partial charge in [0.2, 0.25) is 10.0 Å². The molecule has 3 N–H and O–H groups in total. The van der Waals surface area contributed by atoms with E-state index in [4.69, 9.17) is 22.7 Å². The lowest BCUT2D eigenvalue weighted by Crippen LogP contribution is -2.29. The van der Waals surface area contributed by atoms with Gasteiger partial charge in [-0.25, -0.2) is 13.1 Å². The van der Waals surface area contributed by atoms with Crippen LogP contribution in [0.2, 0.25) is 0 Å². The summed E-state index contributed by atoms with van der Waals surface area (Å²) in [6, 6.07) is 7.00. The van der Waals surface area contributed by atoms with Gasteiger partial charge in [0.1, 0.15) is 4.99 Å². The summed E-state index contributed by atoms with van der Waals surface area (Å²) in [7, 11) is -3.42. The predicted molar refractivity (Wildman–Crippen MR) is 86.5 cm³/mol. The first-order chi connectivity index (χ1) is 9.98. The van der Waals surface area contributed by atoms with Crippen LogP contribution in [0.3, 0.4) is 0 Å². The molecular formula is C14H20N2O3S2. The fourth-order valence-corrected chi connectivity index (χ4v) is 3.30. The first-order valence-electron chi connectivity index (χ1n) is 6.91. The van der Waals surface area contributed by atoms with E-state index in [1.807, 2.05) is 0 Å². The molecule has 1 aliphatic carbocycles. The van der Waals surface area contributed by atoms with Gasteiger partial charge in [0.15, 0.2) is 0 Å². The second-order valence-electron chi connectivity index (χ2n) is 5.19. The Balaban J connectivity index is 1.83. The van der Waals surface area contributed by atoms with Crippen LogP contribution in [0, 0.1) is 5.92 Å². The molecule has 1 aromatic carbocycles. The van der Waals surface area contributed by atoms with Crippen molar-refractivity contribution in [2.75, 3.05) is 19.8 Å². The number of sulfonamides is 1. The van der Waals surface area contributed by atoms with Crippen molar-refractivity contribution >= 4 is 27.2 Å². The van der Waals surface area contributed by atoms with Gasteiger partial charge in [-0.15, -0.1) is 0 Å². The summed E-state index contributed by atoms with van der Waals surface area (Å²) >= 11 is 4.93. The van der Waals surface area contributed by atoms with Gasteiger partial charge < -0.3 is 10.5 Å². The molecule has 7 heteroatoms. The van der Waals surface area contributed by atoms with Gasteiger partial charge in [0.05, 0.1) is 12.4 Å². The van der Waals surface area contributed by atoms with Crippen LogP contribution in [0.4, 0.5) is 0 Å². The highest BCUT2D eigenvalue weighted by Gasteiger charge is 2.21. The van der Waals surface area contributed by atoms with Crippen LogP contribution < -0.4 is 10.5 Å². The van der Waals surface area contributed by atoms with Crippen molar-refractivity contribution in [2.24, 2.45) is 11.7 Å². The number of benzene rings is 1. The maximum atomic E-state index is 12.0. The van der Waals surface area contributed by atoms with E-state index in [0.29, 0.717) is 23.7 Å². The lowest BCUT2D eigenvalue weighted by molar-refractivity contribution is 0.129. The average molecular weight is 328 g/mol. The number of nitrogens with two attached hydrogens (primary N) is 1. The summed E-state index contributed by atoms with van der Waals surface area (Å²) in [5, 5.41) is 0. The third-order valence-corrected chi connectivity index (χ3v) is 4.80. The van der Waals surface area contributed by atoms with E-state index >= 15 is 0 Å². The average Bonchev–Trinajstić information content (AvgIpc) is 3.22. The SMILES string of the molecule is NC(=S)c1ccccc1CS(=O)(=O)NCCOCC1CC1. The molecule has 0 atom stereocenters. The van der Waals surface area contributed by atoms with E-state index in [-0.39, 0.29) is 17.3 Å². The largest absolute Gasteiger partial charge is 0.389 e. The molecule has 5 nitrogen and oxygen atoms in total. The van der Waals surface area contributed by atoms with Crippen LogP contribution in [-0.4, -0.2) is 33.2 Å². The van der Waals surface area contributed by atoms with Crippen molar-refractivity contribution < 1.29 is 13.2 Å². The topological polar surface area (TPSA) is 81.4 Å². The van der Waals surface area contributed by atoms with Crippen molar-refractivity contribution in [1.29, 1.82) is 0 Å². The molecule has 1 fully saturated rings. The zero-order chi connectivity index (χ0) is 15.3. The third-order valence-electron chi connectivity index (χ3n) is 3.25. The molecule has 21 heavy (non-hydrogen) atoms. The highest BCUT2D eigenvalue weighted by molar-refractivity contribution is 7.88. The van der Waals surface area contributed by atoms with Crippen LogP contribution in [0.1, 0.15) is 24.0 Å². The van der Waals surface area contributed by atoms with Crippen molar-refractivity contribution in [2.45, 2.75) is 18.6 Å². The molecule has 2 rings (SSSR count). The molecule has 0 amide bonds. The Hall–Kier alpha value is -1.02. The maximum Gasteiger partial charge on any atom is 0.215 e. The fourth-order valence-electron chi connectivity index (χ4n) is 1.95. The number of hydrogen-bond acceptors (Lipinski definition) is 4. The summed E-state index contributed by atoms with van der Waals surface area (Å²) in [6.45, 7) is 1.41. The summed E-state index contributed by atoms with van der Waals surface area (Å²) in [6.07, 6.45) is 2.45. The fraction of sp³-hybridized carbons (Fsp3) is 0.500. The Labute approximate surface area is 130 Å². The standard InChI is InChI=1S/C14H20N2O3S2/c15-14(20)13-4-2-1-3-12(13)10-21(17,18)16-7-8-19-9-11-5-6-11/h1-4,11,16H,5-10H2,(H2,15,20). The van der Waals surface area contributed by atoms with Gasteiger partial charge >= 0.3 is 0 Å². The monoisotopic (exact) mass is 328 g/mol. The van der Waals surface area contributed by atoms with E-state index in [9.17, 15) is 8.42 Å². The lowest BCUT2D eigenvalue weighted by Gasteiger charge is -2.10. The summed E-state index contributed by atoms with van der Waals surface area (Å²) < 4.78 is 32.0. The highest BCUT2D eigenvalue weighted by atomic mass is 32.2. The van der Waals surface area contributed by atoms with Crippen molar-refractivity contribution in [3.05, 3.63) is 35.4 Å². The molecular weight excluding hydrogens is 308 g/mol. The van der Waals surface area contributed by atoms with Crippen LogP contribution in [0.25, 0.3) is 0 Å². The Morgan fingerprint density at radius 3 is 2.76 bits per heavy atom. The van der Waals surface area contributed by atoms with E-state index in [1.165, 1.54) is 12.8 Å². The van der Waals surface area contributed by atoms with Crippen LogP contribution in [0.5, 0.6) is 0 Å². The van der Waals surface area contributed by atoms with Gasteiger partial charge in [-0.05, 0) is 24.3 Å². The smallest absolute Gasteiger partial charge is 0.215 e. The Bertz CT molecular complexity index is 598. The van der Waals surface area contributed by atoms with Crippen molar-refractivity contribution in [3.8, 4) is 0 Å². The van der Waals surface area contributed by atoms with E-state index in [1.54, 1.807) is 24.3 Å². The Morgan fingerprint density at radius 1 is 1.38 bits per heavy atom. The number of rotatable bonds is 9. The molecule has 0 aromatic heterocycles. The molecule has 0 radical (unpaired) electrons. The van der Waals surface area contributed by atoms with Crippen LogP contribution in [0.15, 0.2) is 24.3 Å². The summed E-state index contributed by atoms with van der Waals surface area (Å²) in [4.78, 5) is 0.202. The molecule has 1 saturated carbocycles. The minimum atomic E-state index is -3.42. The van der Waals surface area contributed by atoms with Gasteiger partial charge in [-0.1, -0.05) is 36.5 Å². The quantitative estimate of drug-likeness (QED) is 0.525. The maximum absolute atomic E-state index is 12.0. The first-order valence-corrected chi connectivity index (χ1v) is 8.97. The van der Waals surface area contributed by atoms with Gasteiger partial charge in [-0.2, -0.15) is 0 Å². The lowest BCUT2D eigenvalue weighted by atomic mass is 10.1. The van der Waals surface area contributed by atoms with Crippen molar-refractivity contribution in [3.63, 3.8) is 0 Å². The molecule has 1 aliphatic rings. The molecule has 116 valence electrons. The molecule has 0 bridgehead atoms. The molecule has 1 aromatic rings. The highest BCUT2D eigenvalue weighted by Crippen LogP contribution is 2.28.